The van der Waals surface area contributed by atoms with Gasteiger partial charge in [0.2, 0.25) is 0 Å². The first kappa shape index (κ1) is 15.1. The number of pyridine rings is 1. The molecule has 0 atom stereocenters. The number of ether oxygens (including phenoxy) is 2. The van der Waals surface area contributed by atoms with Gasteiger partial charge in [-0.05, 0) is 11.6 Å². The molecule has 0 radical (unpaired) electrons. The van der Waals surface area contributed by atoms with Crippen LogP contribution in [0.25, 0.3) is 5.52 Å². The zero-order valence-corrected chi connectivity index (χ0v) is 12.4. The van der Waals surface area contributed by atoms with E-state index in [2.05, 4.69) is 5.10 Å². The van der Waals surface area contributed by atoms with Crippen molar-refractivity contribution in [3.05, 3.63) is 66.0 Å². The van der Waals surface area contributed by atoms with Crippen molar-refractivity contribution < 1.29 is 19.4 Å². The Hall–Kier alpha value is -2.86. The van der Waals surface area contributed by atoms with Gasteiger partial charge in [-0.3, -0.25) is 0 Å². The molecule has 1 aromatic carbocycles. The second-order valence-corrected chi connectivity index (χ2v) is 4.94. The fourth-order valence-corrected chi connectivity index (χ4v) is 2.20. The molecule has 6 nitrogen and oxygen atoms in total. The summed E-state index contributed by atoms with van der Waals surface area (Å²) >= 11 is 0. The summed E-state index contributed by atoms with van der Waals surface area (Å²) in [4.78, 5) is 11.1. The van der Waals surface area contributed by atoms with Crippen LogP contribution in [0, 0.1) is 0 Å². The first-order valence-corrected chi connectivity index (χ1v) is 7.19. The van der Waals surface area contributed by atoms with Crippen molar-refractivity contribution in [2.75, 3.05) is 13.2 Å². The van der Waals surface area contributed by atoms with Crippen molar-refractivity contribution in [2.24, 2.45) is 0 Å². The van der Waals surface area contributed by atoms with E-state index in [0.29, 0.717) is 31.1 Å². The smallest absolute Gasteiger partial charge is 0.339 e. The van der Waals surface area contributed by atoms with Crippen molar-refractivity contribution in [3.63, 3.8) is 0 Å². The molecule has 0 bridgehead atoms. The van der Waals surface area contributed by atoms with Gasteiger partial charge in [0, 0.05) is 12.3 Å². The highest BCUT2D eigenvalue weighted by molar-refractivity contribution is 5.95. The Labute approximate surface area is 132 Å². The van der Waals surface area contributed by atoms with Crippen LogP contribution in [0.1, 0.15) is 15.9 Å². The van der Waals surface area contributed by atoms with Crippen molar-refractivity contribution in [2.45, 2.75) is 6.61 Å². The second-order valence-electron chi connectivity index (χ2n) is 4.94. The summed E-state index contributed by atoms with van der Waals surface area (Å²) in [7, 11) is 0. The summed E-state index contributed by atoms with van der Waals surface area (Å²) in [6.07, 6.45) is 2.99. The van der Waals surface area contributed by atoms with Gasteiger partial charge in [-0.15, -0.1) is 0 Å². The van der Waals surface area contributed by atoms with Crippen molar-refractivity contribution >= 4 is 11.5 Å². The van der Waals surface area contributed by atoms with Crippen LogP contribution in [0.3, 0.4) is 0 Å². The number of nitrogens with zero attached hydrogens (tertiary/aromatic N) is 2. The molecular weight excluding hydrogens is 296 g/mol. The molecule has 0 amide bonds. The molecule has 23 heavy (non-hydrogen) atoms. The normalized spacial score (nSPS) is 10.8. The topological polar surface area (TPSA) is 73.1 Å². The lowest BCUT2D eigenvalue weighted by atomic mass is 10.2. The molecule has 2 heterocycles. The van der Waals surface area contributed by atoms with Gasteiger partial charge in [-0.25, -0.2) is 9.31 Å². The Kier molecular flexibility index (Phi) is 4.54. The highest BCUT2D eigenvalue weighted by atomic mass is 16.5. The Morgan fingerprint density at radius 3 is 2.78 bits per heavy atom. The van der Waals surface area contributed by atoms with Crippen LogP contribution in [0.15, 0.2) is 54.9 Å². The van der Waals surface area contributed by atoms with E-state index in [-0.39, 0.29) is 5.56 Å². The molecule has 1 N–H and O–H groups in total. The molecule has 0 saturated carbocycles. The zero-order valence-electron chi connectivity index (χ0n) is 12.4. The first-order valence-electron chi connectivity index (χ1n) is 7.19. The van der Waals surface area contributed by atoms with Crippen LogP contribution >= 0.6 is 0 Å². The Morgan fingerprint density at radius 1 is 1.17 bits per heavy atom. The molecule has 0 spiro atoms. The second kappa shape index (κ2) is 6.93. The highest BCUT2D eigenvalue weighted by Gasteiger charge is 2.11. The van der Waals surface area contributed by atoms with E-state index in [1.807, 2.05) is 30.3 Å². The summed E-state index contributed by atoms with van der Waals surface area (Å²) in [6.45, 7) is 1.37. The van der Waals surface area contributed by atoms with Crippen LogP contribution < -0.4 is 4.74 Å². The molecule has 3 aromatic rings. The third kappa shape index (κ3) is 3.67. The lowest BCUT2D eigenvalue weighted by Gasteiger charge is -2.08. The summed E-state index contributed by atoms with van der Waals surface area (Å²) in [6, 6.07) is 13.3. The fourth-order valence-electron chi connectivity index (χ4n) is 2.20. The van der Waals surface area contributed by atoms with Crippen LogP contribution in [-0.4, -0.2) is 33.9 Å². The van der Waals surface area contributed by atoms with Crippen LogP contribution in [0.2, 0.25) is 0 Å². The fraction of sp³-hybridized carbons (Fsp3) is 0.176. The molecule has 0 aliphatic rings. The maximum absolute atomic E-state index is 11.1. The molecule has 3 rings (SSSR count). The van der Waals surface area contributed by atoms with E-state index >= 15 is 0 Å². The number of aromatic nitrogens is 2. The van der Waals surface area contributed by atoms with Gasteiger partial charge in [0.25, 0.3) is 0 Å². The minimum Gasteiger partial charge on any atom is -0.491 e. The predicted molar refractivity (Wildman–Crippen MR) is 83.7 cm³/mol. The summed E-state index contributed by atoms with van der Waals surface area (Å²) in [5.74, 6) is -0.424. The average molecular weight is 312 g/mol. The van der Waals surface area contributed by atoms with E-state index in [1.165, 1.54) is 10.7 Å². The number of carboxylic acid groups (broad SMARTS) is 1. The largest absolute Gasteiger partial charge is 0.491 e. The number of benzene rings is 1. The van der Waals surface area contributed by atoms with Gasteiger partial charge < -0.3 is 14.6 Å². The van der Waals surface area contributed by atoms with E-state index in [4.69, 9.17) is 14.6 Å². The zero-order chi connectivity index (χ0) is 16.1. The molecule has 118 valence electrons. The molecule has 0 aliphatic carbocycles. The lowest BCUT2D eigenvalue weighted by molar-refractivity contribution is 0.0699. The molecular formula is C17H16N2O4. The van der Waals surface area contributed by atoms with Crippen molar-refractivity contribution in [1.29, 1.82) is 0 Å². The van der Waals surface area contributed by atoms with Crippen LogP contribution in [0.4, 0.5) is 0 Å². The minimum absolute atomic E-state index is 0.149. The number of carbonyl (C=O) groups is 1. The maximum Gasteiger partial charge on any atom is 0.339 e. The van der Waals surface area contributed by atoms with Crippen molar-refractivity contribution in [1.82, 2.24) is 9.61 Å². The third-order valence-corrected chi connectivity index (χ3v) is 3.33. The van der Waals surface area contributed by atoms with Gasteiger partial charge in [-0.2, -0.15) is 5.10 Å². The maximum atomic E-state index is 11.1. The van der Waals surface area contributed by atoms with Gasteiger partial charge in [0.1, 0.15) is 17.9 Å². The number of rotatable bonds is 7. The van der Waals surface area contributed by atoms with E-state index < -0.39 is 5.97 Å². The van der Waals surface area contributed by atoms with Gasteiger partial charge in [0.15, 0.2) is 0 Å². The summed E-state index contributed by atoms with van der Waals surface area (Å²) in [5.41, 5.74) is 1.76. The molecule has 2 aromatic heterocycles. The lowest BCUT2D eigenvalue weighted by Crippen LogP contribution is -2.07. The number of carboxylic acids is 1. The molecule has 0 saturated heterocycles. The average Bonchev–Trinajstić information content (AvgIpc) is 2.99. The Bertz CT molecular complexity index is 799. The number of hydrogen-bond donors (Lipinski definition) is 1. The summed E-state index contributed by atoms with van der Waals surface area (Å²) in [5, 5.41) is 13.1. The highest BCUT2D eigenvalue weighted by Crippen LogP contribution is 2.17. The van der Waals surface area contributed by atoms with Crippen LogP contribution in [0.5, 0.6) is 5.75 Å². The van der Waals surface area contributed by atoms with Crippen molar-refractivity contribution in [3.8, 4) is 5.75 Å². The molecule has 0 fully saturated rings. The molecule has 0 unspecified atom stereocenters. The number of aromatic carboxylic acids is 1. The predicted octanol–water partition coefficient (Wildman–Crippen LogP) is 2.63. The van der Waals surface area contributed by atoms with E-state index in [9.17, 15) is 4.79 Å². The quantitative estimate of drug-likeness (QED) is 0.679. The standard InChI is InChI=1S/C17H16N2O4/c20-17(21)15-11-18-19-7-6-14(10-16(15)19)23-9-8-22-12-13-4-2-1-3-5-13/h1-7,10-11H,8-9,12H2,(H,20,21). The van der Waals surface area contributed by atoms with Gasteiger partial charge >= 0.3 is 5.97 Å². The first-order chi connectivity index (χ1) is 11.2. The SMILES string of the molecule is O=C(O)c1cnn2ccc(OCCOCc3ccccc3)cc12. The van der Waals surface area contributed by atoms with E-state index in [0.717, 1.165) is 5.56 Å². The Balaban J connectivity index is 1.53. The number of hydrogen-bond acceptors (Lipinski definition) is 4. The molecule has 6 heteroatoms. The van der Waals surface area contributed by atoms with Gasteiger partial charge in [-0.1, -0.05) is 30.3 Å². The molecule has 0 aliphatic heterocycles. The van der Waals surface area contributed by atoms with Gasteiger partial charge in [0.05, 0.1) is 24.9 Å². The van der Waals surface area contributed by atoms with E-state index in [1.54, 1.807) is 18.3 Å². The summed E-state index contributed by atoms with van der Waals surface area (Å²) < 4.78 is 12.6. The Morgan fingerprint density at radius 2 is 2.00 bits per heavy atom. The minimum atomic E-state index is -1.01. The monoisotopic (exact) mass is 312 g/mol. The van der Waals surface area contributed by atoms with Crippen LogP contribution in [-0.2, 0) is 11.3 Å². The number of fused-ring (bicyclic) bond motifs is 1. The third-order valence-electron chi connectivity index (χ3n) is 3.33.